The lowest BCUT2D eigenvalue weighted by molar-refractivity contribution is -0.120. The van der Waals surface area contributed by atoms with Gasteiger partial charge in [-0.25, -0.2) is 4.90 Å². The number of carbonyl (C=O) groups excluding carboxylic acids is 2. The molecule has 7 nitrogen and oxygen atoms in total. The van der Waals surface area contributed by atoms with E-state index in [2.05, 4.69) is 0 Å². The average Bonchev–Trinajstić information content (AvgIpc) is 2.98. The number of amides is 2. The highest BCUT2D eigenvalue weighted by Crippen LogP contribution is 2.39. The topological polar surface area (TPSA) is 79.3 Å². The number of rotatable bonds is 8. The van der Waals surface area contributed by atoms with Crippen molar-refractivity contribution in [1.82, 2.24) is 4.90 Å². The largest absolute Gasteiger partial charge is 0.495 e. The summed E-state index contributed by atoms with van der Waals surface area (Å²) in [7, 11) is 3.18. The molecule has 0 radical (unpaired) electrons. The third-order valence-corrected chi connectivity index (χ3v) is 4.97. The number of anilines is 1. The number of methoxy groups -OCH3 is 1. The Balaban J connectivity index is 2.11. The van der Waals surface area contributed by atoms with Crippen LogP contribution in [0.3, 0.4) is 0 Å². The molecule has 1 heterocycles. The van der Waals surface area contributed by atoms with Gasteiger partial charge in [0.25, 0.3) is 11.8 Å². The van der Waals surface area contributed by atoms with Crippen LogP contribution in [0.2, 0.25) is 0 Å². The van der Waals surface area contributed by atoms with E-state index in [1.165, 1.54) is 7.11 Å². The molecule has 1 aliphatic heterocycles. The number of hydrogen-bond acceptors (Lipinski definition) is 6. The molecule has 0 saturated carbocycles. The van der Waals surface area contributed by atoms with Crippen LogP contribution < -0.4 is 14.4 Å². The van der Waals surface area contributed by atoms with Crippen molar-refractivity contribution in [3.05, 3.63) is 59.3 Å². The average molecular weight is 424 g/mol. The molecule has 1 aliphatic rings. The summed E-state index contributed by atoms with van der Waals surface area (Å²) in [4.78, 5) is 29.8. The minimum atomic E-state index is -0.456. The molecule has 0 unspecified atom stereocenters. The Kier molecular flexibility index (Phi) is 6.65. The van der Waals surface area contributed by atoms with Crippen LogP contribution in [0.15, 0.2) is 48.2 Å². The maximum absolute atomic E-state index is 13.5. The SMILES string of the molecule is COc1ccc(C)cc1N1C(=O)C(c2ccc(OC(C)C)cc2)=C(N(C)CCO)C1=O. The fourth-order valence-electron chi connectivity index (χ4n) is 3.56. The number of hydrogen-bond donors (Lipinski definition) is 1. The number of likely N-dealkylation sites (N-methyl/N-ethyl adjacent to an activating group) is 1. The molecule has 0 saturated heterocycles. The number of nitrogens with zero attached hydrogens (tertiary/aromatic N) is 2. The zero-order valence-corrected chi connectivity index (χ0v) is 18.5. The highest BCUT2D eigenvalue weighted by atomic mass is 16.5. The fourth-order valence-corrected chi connectivity index (χ4v) is 3.56. The van der Waals surface area contributed by atoms with E-state index in [4.69, 9.17) is 9.47 Å². The lowest BCUT2D eigenvalue weighted by atomic mass is 10.0. The van der Waals surface area contributed by atoms with Gasteiger partial charge in [-0.05, 0) is 56.2 Å². The summed E-state index contributed by atoms with van der Waals surface area (Å²) in [5, 5.41) is 9.42. The predicted molar refractivity (Wildman–Crippen MR) is 119 cm³/mol. The summed E-state index contributed by atoms with van der Waals surface area (Å²) in [6.07, 6.45) is 0.0234. The second kappa shape index (κ2) is 9.22. The van der Waals surface area contributed by atoms with Gasteiger partial charge in [0.2, 0.25) is 0 Å². The van der Waals surface area contributed by atoms with E-state index < -0.39 is 11.8 Å². The number of imide groups is 1. The predicted octanol–water partition coefficient (Wildman–Crippen LogP) is 3.00. The molecule has 164 valence electrons. The quantitative estimate of drug-likeness (QED) is 0.657. The Hall–Kier alpha value is -3.32. The Morgan fingerprint density at radius 2 is 1.74 bits per heavy atom. The van der Waals surface area contributed by atoms with E-state index in [1.807, 2.05) is 26.8 Å². The third kappa shape index (κ3) is 4.41. The van der Waals surface area contributed by atoms with Gasteiger partial charge in [0.1, 0.15) is 17.2 Å². The zero-order chi connectivity index (χ0) is 22.7. The second-order valence-corrected chi connectivity index (χ2v) is 7.68. The fraction of sp³-hybridized carbons (Fsp3) is 0.333. The molecular weight excluding hydrogens is 396 g/mol. The van der Waals surface area contributed by atoms with Gasteiger partial charge in [-0.1, -0.05) is 18.2 Å². The van der Waals surface area contributed by atoms with E-state index in [-0.39, 0.29) is 30.5 Å². The molecule has 31 heavy (non-hydrogen) atoms. The molecule has 0 spiro atoms. The molecule has 0 atom stereocenters. The monoisotopic (exact) mass is 424 g/mol. The molecule has 0 fully saturated rings. The summed E-state index contributed by atoms with van der Waals surface area (Å²) in [5.41, 5.74) is 2.40. The number of benzene rings is 2. The first-order valence-electron chi connectivity index (χ1n) is 10.1. The van der Waals surface area contributed by atoms with Crippen LogP contribution >= 0.6 is 0 Å². The summed E-state index contributed by atoms with van der Waals surface area (Å²) >= 11 is 0. The van der Waals surface area contributed by atoms with Gasteiger partial charge in [-0.2, -0.15) is 0 Å². The lowest BCUT2D eigenvalue weighted by Gasteiger charge is -2.21. The summed E-state index contributed by atoms with van der Waals surface area (Å²) in [6.45, 7) is 5.82. The second-order valence-electron chi connectivity index (χ2n) is 7.68. The van der Waals surface area contributed by atoms with Gasteiger partial charge in [-0.15, -0.1) is 0 Å². The van der Waals surface area contributed by atoms with Crippen LogP contribution in [0, 0.1) is 6.92 Å². The van der Waals surface area contributed by atoms with Crippen molar-refractivity contribution < 1.29 is 24.2 Å². The number of aliphatic hydroxyl groups is 1. The third-order valence-electron chi connectivity index (χ3n) is 4.97. The Morgan fingerprint density at radius 1 is 1.06 bits per heavy atom. The van der Waals surface area contributed by atoms with Gasteiger partial charge < -0.3 is 19.5 Å². The smallest absolute Gasteiger partial charge is 0.282 e. The number of aliphatic hydroxyl groups excluding tert-OH is 1. The van der Waals surface area contributed by atoms with E-state index in [9.17, 15) is 14.7 Å². The van der Waals surface area contributed by atoms with Crippen LogP contribution in [0.4, 0.5) is 5.69 Å². The minimum Gasteiger partial charge on any atom is -0.495 e. The molecule has 0 aliphatic carbocycles. The van der Waals surface area contributed by atoms with E-state index >= 15 is 0 Å². The van der Waals surface area contributed by atoms with Gasteiger partial charge in [0.15, 0.2) is 0 Å². The molecule has 7 heteroatoms. The molecule has 1 N–H and O–H groups in total. The van der Waals surface area contributed by atoms with E-state index in [0.717, 1.165) is 10.5 Å². The van der Waals surface area contributed by atoms with Crippen LogP contribution in [0.5, 0.6) is 11.5 Å². The van der Waals surface area contributed by atoms with E-state index in [1.54, 1.807) is 48.3 Å². The van der Waals surface area contributed by atoms with Crippen LogP contribution in [-0.2, 0) is 9.59 Å². The number of aryl methyl sites for hydroxylation is 1. The zero-order valence-electron chi connectivity index (χ0n) is 18.5. The summed E-state index contributed by atoms with van der Waals surface area (Å²) < 4.78 is 11.1. The molecular formula is C24H28N2O5. The molecule has 0 aromatic heterocycles. The van der Waals surface area contributed by atoms with Gasteiger partial charge in [0.05, 0.1) is 31.1 Å². The Bertz CT molecular complexity index is 1010. The first kappa shape index (κ1) is 22.4. The molecule has 2 amide bonds. The normalized spacial score (nSPS) is 14.0. The first-order chi connectivity index (χ1) is 14.8. The van der Waals surface area contributed by atoms with Crippen molar-refractivity contribution in [1.29, 1.82) is 0 Å². The summed E-state index contributed by atoms with van der Waals surface area (Å²) in [6, 6.07) is 12.4. The van der Waals surface area contributed by atoms with Crippen molar-refractivity contribution >= 4 is 23.1 Å². The van der Waals surface area contributed by atoms with Crippen molar-refractivity contribution in [3.63, 3.8) is 0 Å². The van der Waals surface area contributed by atoms with Crippen LogP contribution in [0.1, 0.15) is 25.0 Å². The Morgan fingerprint density at radius 3 is 2.32 bits per heavy atom. The first-order valence-corrected chi connectivity index (χ1v) is 10.1. The lowest BCUT2D eigenvalue weighted by Crippen LogP contribution is -2.35. The maximum Gasteiger partial charge on any atom is 0.282 e. The molecule has 0 bridgehead atoms. The van der Waals surface area contributed by atoms with Crippen LogP contribution in [0.25, 0.3) is 5.57 Å². The molecule has 3 rings (SSSR count). The highest BCUT2D eigenvalue weighted by molar-refractivity contribution is 6.45. The minimum absolute atomic E-state index is 0.0234. The Labute approximate surface area is 182 Å². The molecule has 2 aromatic rings. The van der Waals surface area contributed by atoms with Crippen LogP contribution in [-0.4, -0.2) is 55.2 Å². The van der Waals surface area contributed by atoms with E-state index in [0.29, 0.717) is 22.7 Å². The number of ether oxygens (including phenoxy) is 2. The highest BCUT2D eigenvalue weighted by Gasteiger charge is 2.42. The van der Waals surface area contributed by atoms with Crippen molar-refractivity contribution in [2.75, 3.05) is 32.2 Å². The van der Waals surface area contributed by atoms with Crippen molar-refractivity contribution in [2.24, 2.45) is 0 Å². The summed E-state index contributed by atoms with van der Waals surface area (Å²) in [5.74, 6) is 0.213. The van der Waals surface area contributed by atoms with Gasteiger partial charge in [0, 0.05) is 13.6 Å². The maximum atomic E-state index is 13.5. The standard InChI is InChI=1S/C24H28N2O5/c1-15(2)31-18-9-7-17(8-10-18)21-22(25(4)12-13-27)24(29)26(23(21)28)19-14-16(3)6-11-20(19)30-5/h6-11,14-15,27H,12-13H2,1-5H3. The number of carbonyl (C=O) groups is 2. The molecule has 2 aromatic carbocycles. The van der Waals surface area contributed by atoms with Gasteiger partial charge >= 0.3 is 0 Å². The van der Waals surface area contributed by atoms with Gasteiger partial charge in [-0.3, -0.25) is 9.59 Å². The van der Waals surface area contributed by atoms with Crippen molar-refractivity contribution in [2.45, 2.75) is 26.9 Å². The van der Waals surface area contributed by atoms with Crippen molar-refractivity contribution in [3.8, 4) is 11.5 Å².